The van der Waals surface area contributed by atoms with E-state index in [0.717, 1.165) is 38.8 Å². The molecule has 0 N–H and O–H groups in total. The minimum absolute atomic E-state index is 0.142. The van der Waals surface area contributed by atoms with Gasteiger partial charge in [-0.25, -0.2) is 0 Å². The van der Waals surface area contributed by atoms with Gasteiger partial charge in [0.05, 0.1) is 5.92 Å². The molecule has 0 bridgehead atoms. The van der Waals surface area contributed by atoms with E-state index in [0.29, 0.717) is 13.1 Å². The molecule has 2 saturated heterocycles. The standard InChI is InChI=1S/C13H25N3O3S/c1-14(2)20(18,19)16-10-6-7-12(11-16)13(17)15-8-4-3-5-9-15/h12H,3-11H2,1-2H3. The van der Waals surface area contributed by atoms with Crippen LogP contribution in [0.4, 0.5) is 0 Å². The van der Waals surface area contributed by atoms with E-state index in [4.69, 9.17) is 0 Å². The Labute approximate surface area is 121 Å². The Balaban J connectivity index is 2.01. The van der Waals surface area contributed by atoms with Gasteiger partial charge in [-0.15, -0.1) is 0 Å². The summed E-state index contributed by atoms with van der Waals surface area (Å²) in [6, 6.07) is 0. The molecular weight excluding hydrogens is 278 g/mol. The van der Waals surface area contributed by atoms with E-state index in [1.54, 1.807) is 0 Å². The molecule has 2 rings (SSSR count). The number of carbonyl (C=O) groups excluding carboxylic acids is 1. The summed E-state index contributed by atoms with van der Waals surface area (Å²) >= 11 is 0. The van der Waals surface area contributed by atoms with Gasteiger partial charge in [0.2, 0.25) is 5.91 Å². The fourth-order valence-electron chi connectivity index (χ4n) is 2.96. The number of hydrogen-bond donors (Lipinski definition) is 0. The van der Waals surface area contributed by atoms with Gasteiger partial charge in [-0.2, -0.15) is 17.0 Å². The van der Waals surface area contributed by atoms with Crippen molar-refractivity contribution in [1.29, 1.82) is 0 Å². The molecule has 1 amide bonds. The fourth-order valence-corrected chi connectivity index (χ4v) is 4.15. The Kier molecular flexibility index (Phi) is 5.04. The van der Waals surface area contributed by atoms with Crippen molar-refractivity contribution in [3.63, 3.8) is 0 Å². The molecule has 0 radical (unpaired) electrons. The van der Waals surface area contributed by atoms with Gasteiger partial charge in [0.1, 0.15) is 0 Å². The number of carbonyl (C=O) groups is 1. The summed E-state index contributed by atoms with van der Waals surface area (Å²) in [4.78, 5) is 14.4. The minimum atomic E-state index is -3.40. The minimum Gasteiger partial charge on any atom is -0.342 e. The van der Waals surface area contributed by atoms with Crippen LogP contribution in [-0.4, -0.2) is 68.1 Å². The van der Waals surface area contributed by atoms with E-state index >= 15 is 0 Å². The van der Waals surface area contributed by atoms with E-state index in [1.165, 1.54) is 29.1 Å². The van der Waals surface area contributed by atoms with Crippen LogP contribution in [0.3, 0.4) is 0 Å². The topological polar surface area (TPSA) is 60.9 Å². The predicted octanol–water partition coefficient (Wildman–Crippen LogP) is 0.517. The highest BCUT2D eigenvalue weighted by atomic mass is 32.2. The van der Waals surface area contributed by atoms with E-state index in [2.05, 4.69) is 0 Å². The van der Waals surface area contributed by atoms with Crippen LogP contribution in [0.2, 0.25) is 0 Å². The van der Waals surface area contributed by atoms with Crippen molar-refractivity contribution in [2.45, 2.75) is 32.1 Å². The molecule has 1 atom stereocenters. The zero-order valence-electron chi connectivity index (χ0n) is 12.4. The second-order valence-corrected chi connectivity index (χ2v) is 8.02. The van der Waals surface area contributed by atoms with Crippen molar-refractivity contribution in [1.82, 2.24) is 13.5 Å². The molecular formula is C13H25N3O3S. The third-order valence-electron chi connectivity index (χ3n) is 4.19. The highest BCUT2D eigenvalue weighted by Gasteiger charge is 2.35. The zero-order valence-corrected chi connectivity index (χ0v) is 13.2. The largest absolute Gasteiger partial charge is 0.342 e. The van der Waals surface area contributed by atoms with Gasteiger partial charge in [0.15, 0.2) is 0 Å². The lowest BCUT2D eigenvalue weighted by molar-refractivity contribution is -0.137. The molecule has 0 aliphatic carbocycles. The summed E-state index contributed by atoms with van der Waals surface area (Å²) in [7, 11) is -0.335. The van der Waals surface area contributed by atoms with Gasteiger partial charge >= 0.3 is 0 Å². The molecule has 116 valence electrons. The second kappa shape index (κ2) is 6.41. The lowest BCUT2D eigenvalue weighted by atomic mass is 9.97. The maximum Gasteiger partial charge on any atom is 0.281 e. The molecule has 2 heterocycles. The summed E-state index contributed by atoms with van der Waals surface area (Å²) < 4.78 is 27.0. The van der Waals surface area contributed by atoms with Crippen LogP contribution in [0.1, 0.15) is 32.1 Å². The van der Waals surface area contributed by atoms with Crippen molar-refractivity contribution in [2.75, 3.05) is 40.3 Å². The van der Waals surface area contributed by atoms with Crippen LogP contribution < -0.4 is 0 Å². The first-order valence-electron chi connectivity index (χ1n) is 7.39. The Morgan fingerprint density at radius 3 is 2.30 bits per heavy atom. The maximum atomic E-state index is 12.5. The van der Waals surface area contributed by atoms with Crippen LogP contribution >= 0.6 is 0 Å². The Morgan fingerprint density at radius 1 is 1.05 bits per heavy atom. The van der Waals surface area contributed by atoms with Crippen molar-refractivity contribution in [3.8, 4) is 0 Å². The molecule has 1 unspecified atom stereocenters. The molecule has 2 aliphatic rings. The van der Waals surface area contributed by atoms with Crippen molar-refractivity contribution in [2.24, 2.45) is 5.92 Å². The molecule has 0 spiro atoms. The molecule has 0 aromatic heterocycles. The van der Waals surface area contributed by atoms with Crippen LogP contribution in [-0.2, 0) is 15.0 Å². The average Bonchev–Trinajstić information content (AvgIpc) is 2.47. The van der Waals surface area contributed by atoms with E-state index in [1.807, 2.05) is 4.90 Å². The summed E-state index contributed by atoms with van der Waals surface area (Å²) in [6.45, 7) is 2.51. The normalized spacial score (nSPS) is 25.9. The molecule has 0 saturated carbocycles. The second-order valence-electron chi connectivity index (χ2n) is 5.87. The van der Waals surface area contributed by atoms with E-state index < -0.39 is 10.2 Å². The van der Waals surface area contributed by atoms with Crippen LogP contribution in [0.5, 0.6) is 0 Å². The maximum absolute atomic E-state index is 12.5. The van der Waals surface area contributed by atoms with Gasteiger partial charge in [-0.1, -0.05) is 0 Å². The Hall–Kier alpha value is -0.660. The van der Waals surface area contributed by atoms with E-state index in [-0.39, 0.29) is 11.8 Å². The molecule has 0 aromatic rings. The van der Waals surface area contributed by atoms with Gasteiger partial charge < -0.3 is 4.90 Å². The van der Waals surface area contributed by atoms with E-state index in [9.17, 15) is 13.2 Å². The summed E-state index contributed by atoms with van der Waals surface area (Å²) in [5, 5.41) is 0. The summed E-state index contributed by atoms with van der Waals surface area (Å²) in [5.74, 6) is -0.0278. The van der Waals surface area contributed by atoms with Gasteiger partial charge in [0.25, 0.3) is 10.2 Å². The molecule has 6 nitrogen and oxygen atoms in total. The number of amides is 1. The number of piperidine rings is 2. The van der Waals surface area contributed by atoms with Crippen molar-refractivity contribution >= 4 is 16.1 Å². The highest BCUT2D eigenvalue weighted by Crippen LogP contribution is 2.23. The Bertz CT molecular complexity index is 444. The molecule has 20 heavy (non-hydrogen) atoms. The summed E-state index contributed by atoms with van der Waals surface area (Å²) in [5.41, 5.74) is 0. The van der Waals surface area contributed by atoms with Gasteiger partial charge in [0, 0.05) is 40.3 Å². The van der Waals surface area contributed by atoms with Crippen molar-refractivity contribution < 1.29 is 13.2 Å². The smallest absolute Gasteiger partial charge is 0.281 e. The van der Waals surface area contributed by atoms with Crippen LogP contribution in [0, 0.1) is 5.92 Å². The molecule has 2 fully saturated rings. The lowest BCUT2D eigenvalue weighted by Crippen LogP contribution is -2.50. The van der Waals surface area contributed by atoms with Crippen molar-refractivity contribution in [3.05, 3.63) is 0 Å². The van der Waals surface area contributed by atoms with Gasteiger partial charge in [-0.05, 0) is 32.1 Å². The first kappa shape index (κ1) is 15.7. The third-order valence-corrected chi connectivity index (χ3v) is 6.10. The van der Waals surface area contributed by atoms with Gasteiger partial charge in [-0.3, -0.25) is 4.79 Å². The summed E-state index contributed by atoms with van der Waals surface area (Å²) in [6.07, 6.45) is 4.89. The number of rotatable bonds is 3. The average molecular weight is 303 g/mol. The molecule has 0 aromatic carbocycles. The highest BCUT2D eigenvalue weighted by molar-refractivity contribution is 7.86. The quantitative estimate of drug-likeness (QED) is 0.763. The van der Waals surface area contributed by atoms with Crippen LogP contribution in [0.15, 0.2) is 0 Å². The fraction of sp³-hybridized carbons (Fsp3) is 0.923. The third kappa shape index (κ3) is 3.32. The number of nitrogens with zero attached hydrogens (tertiary/aromatic N) is 3. The van der Waals surface area contributed by atoms with Crippen LogP contribution in [0.25, 0.3) is 0 Å². The first-order chi connectivity index (χ1) is 9.43. The predicted molar refractivity (Wildman–Crippen MR) is 77.3 cm³/mol. The molecule has 7 heteroatoms. The lowest BCUT2D eigenvalue weighted by Gasteiger charge is -2.36. The Morgan fingerprint density at radius 2 is 1.70 bits per heavy atom. The monoisotopic (exact) mass is 303 g/mol. The SMILES string of the molecule is CN(C)S(=O)(=O)N1CCCC(C(=O)N2CCCCC2)C1. The molecule has 2 aliphatic heterocycles. The number of hydrogen-bond acceptors (Lipinski definition) is 3. The first-order valence-corrected chi connectivity index (χ1v) is 8.79. The zero-order chi connectivity index (χ0) is 14.8. The number of likely N-dealkylation sites (tertiary alicyclic amines) is 1.